The van der Waals surface area contributed by atoms with Crippen molar-refractivity contribution >= 4 is 32.2 Å². The molecule has 0 aliphatic carbocycles. The molecule has 0 saturated carbocycles. The average Bonchev–Trinajstić information content (AvgIpc) is 2.82. The van der Waals surface area contributed by atoms with Gasteiger partial charge in [-0.1, -0.05) is 66.7 Å². The molecule has 0 fully saturated rings. The van der Waals surface area contributed by atoms with Crippen LogP contribution in [0.25, 0.3) is 10.8 Å². The standard InChI is InChI=1S/C27H27N2O2S/c1-27(2)25-19-18-21-12-10-11-17-24(21)26(25)29(3,20-28(27)22-13-6-4-7-14-22)32(30,31)23-15-8-5-9-16-23/h4-19H,20H2,1-3H3/q+1. The van der Waals surface area contributed by atoms with Gasteiger partial charge in [-0.2, -0.15) is 12.3 Å². The summed E-state index contributed by atoms with van der Waals surface area (Å²) in [6, 6.07) is 31.1. The third-order valence-electron chi connectivity index (χ3n) is 6.76. The molecule has 4 aromatic carbocycles. The molecule has 5 rings (SSSR count). The van der Waals surface area contributed by atoms with Crippen molar-refractivity contribution in [3.8, 4) is 0 Å². The zero-order chi connectivity index (χ0) is 22.6. The molecule has 162 valence electrons. The summed E-state index contributed by atoms with van der Waals surface area (Å²) in [5.74, 6) is 0. The van der Waals surface area contributed by atoms with E-state index >= 15 is 0 Å². The number of hydrogen-bond acceptors (Lipinski definition) is 3. The fourth-order valence-electron chi connectivity index (χ4n) is 4.95. The number of benzene rings is 4. The van der Waals surface area contributed by atoms with Crippen molar-refractivity contribution in [1.29, 1.82) is 0 Å². The third-order valence-corrected chi connectivity index (χ3v) is 8.99. The van der Waals surface area contributed by atoms with Crippen LogP contribution in [0.4, 0.5) is 11.4 Å². The molecule has 0 bridgehead atoms. The normalized spacial score (nSPS) is 20.2. The van der Waals surface area contributed by atoms with Gasteiger partial charge in [0.1, 0.15) is 4.90 Å². The Morgan fingerprint density at radius 2 is 1.38 bits per heavy atom. The van der Waals surface area contributed by atoms with Crippen LogP contribution < -0.4 is 8.79 Å². The molecule has 0 amide bonds. The number of sulfonamides is 1. The highest BCUT2D eigenvalue weighted by Gasteiger charge is 2.53. The molecule has 4 nitrogen and oxygen atoms in total. The summed E-state index contributed by atoms with van der Waals surface area (Å²) >= 11 is 0. The Kier molecular flexibility index (Phi) is 4.66. The van der Waals surface area contributed by atoms with Crippen LogP contribution in [0.3, 0.4) is 0 Å². The van der Waals surface area contributed by atoms with Gasteiger partial charge < -0.3 is 4.90 Å². The molecule has 1 atom stereocenters. The van der Waals surface area contributed by atoms with Gasteiger partial charge in [0.2, 0.25) is 0 Å². The van der Waals surface area contributed by atoms with Crippen molar-refractivity contribution in [2.45, 2.75) is 24.3 Å². The highest BCUT2D eigenvalue weighted by atomic mass is 32.2. The summed E-state index contributed by atoms with van der Waals surface area (Å²) in [4.78, 5) is 2.54. The number of fused-ring (bicyclic) bond motifs is 3. The van der Waals surface area contributed by atoms with E-state index in [9.17, 15) is 8.42 Å². The first-order valence-corrected chi connectivity index (χ1v) is 12.2. The smallest absolute Gasteiger partial charge is 0.314 e. The molecule has 0 N–H and O–H groups in total. The van der Waals surface area contributed by atoms with Gasteiger partial charge in [0.25, 0.3) is 0 Å². The molecule has 0 aromatic heterocycles. The largest absolute Gasteiger partial charge is 0.333 e. The lowest BCUT2D eigenvalue weighted by Crippen LogP contribution is -2.64. The van der Waals surface area contributed by atoms with Crippen LogP contribution in [-0.4, -0.2) is 22.1 Å². The number of rotatable bonds is 3. The van der Waals surface area contributed by atoms with E-state index in [1.165, 1.54) is 0 Å². The second-order valence-corrected chi connectivity index (χ2v) is 11.3. The molecule has 1 aliphatic heterocycles. The Morgan fingerprint density at radius 3 is 2.06 bits per heavy atom. The Hall–Kier alpha value is -3.15. The molecule has 1 unspecified atom stereocenters. The van der Waals surface area contributed by atoms with E-state index in [-0.39, 0.29) is 3.89 Å². The first-order valence-electron chi connectivity index (χ1n) is 10.8. The number of hydrogen-bond donors (Lipinski definition) is 0. The highest BCUT2D eigenvalue weighted by Crippen LogP contribution is 2.50. The first-order chi connectivity index (χ1) is 15.3. The van der Waals surface area contributed by atoms with Gasteiger partial charge in [-0.15, -0.1) is 0 Å². The molecule has 0 spiro atoms. The van der Waals surface area contributed by atoms with Crippen molar-refractivity contribution in [2.75, 3.05) is 18.6 Å². The third kappa shape index (κ3) is 2.89. The predicted molar refractivity (Wildman–Crippen MR) is 132 cm³/mol. The quantitative estimate of drug-likeness (QED) is 0.371. The molecule has 32 heavy (non-hydrogen) atoms. The van der Waals surface area contributed by atoms with Crippen molar-refractivity contribution in [3.63, 3.8) is 0 Å². The summed E-state index contributed by atoms with van der Waals surface area (Å²) in [6.45, 7) is 4.65. The molecule has 1 heterocycles. The van der Waals surface area contributed by atoms with E-state index in [0.717, 1.165) is 27.7 Å². The molecule has 0 radical (unpaired) electrons. The van der Waals surface area contributed by atoms with Gasteiger partial charge >= 0.3 is 10.0 Å². The second kappa shape index (κ2) is 7.19. The number of anilines is 1. The highest BCUT2D eigenvalue weighted by molar-refractivity contribution is 7.91. The fraction of sp³-hybridized carbons (Fsp3) is 0.185. The molecule has 0 saturated heterocycles. The maximum Gasteiger partial charge on any atom is 0.333 e. The maximum atomic E-state index is 14.2. The Balaban J connectivity index is 1.87. The summed E-state index contributed by atoms with van der Waals surface area (Å²) in [5, 5.41) is 2.02. The van der Waals surface area contributed by atoms with E-state index < -0.39 is 15.6 Å². The minimum atomic E-state index is -3.76. The van der Waals surface area contributed by atoms with Crippen molar-refractivity contribution in [1.82, 2.24) is 3.89 Å². The molecular weight excluding hydrogens is 416 g/mol. The average molecular weight is 444 g/mol. The van der Waals surface area contributed by atoms with Crippen LogP contribution in [0, 0.1) is 0 Å². The topological polar surface area (TPSA) is 37.4 Å². The van der Waals surface area contributed by atoms with E-state index in [0.29, 0.717) is 11.6 Å². The van der Waals surface area contributed by atoms with Crippen LogP contribution in [0.2, 0.25) is 0 Å². The molecule has 5 heteroatoms. The number of quaternary nitrogens is 1. The van der Waals surface area contributed by atoms with Gasteiger partial charge in [-0.25, -0.2) is 0 Å². The van der Waals surface area contributed by atoms with E-state index in [4.69, 9.17) is 0 Å². The van der Waals surface area contributed by atoms with Crippen molar-refractivity contribution in [3.05, 3.63) is 103 Å². The van der Waals surface area contributed by atoms with Crippen LogP contribution in [0.15, 0.2) is 102 Å². The van der Waals surface area contributed by atoms with Crippen LogP contribution in [-0.2, 0) is 15.6 Å². The second-order valence-electron chi connectivity index (χ2n) is 9.04. The Morgan fingerprint density at radius 1 is 0.781 bits per heavy atom. The summed E-state index contributed by atoms with van der Waals surface area (Å²) in [6.07, 6.45) is 0. The van der Waals surface area contributed by atoms with Gasteiger partial charge in [0, 0.05) is 16.6 Å². The van der Waals surface area contributed by atoms with Crippen LogP contribution >= 0.6 is 0 Å². The Labute approximate surface area is 190 Å². The van der Waals surface area contributed by atoms with E-state index in [2.05, 4.69) is 30.9 Å². The lowest BCUT2D eigenvalue weighted by Gasteiger charge is -2.51. The lowest BCUT2D eigenvalue weighted by molar-refractivity contribution is 0.355. The molecular formula is C27H27N2O2S+. The zero-order valence-corrected chi connectivity index (χ0v) is 19.4. The van der Waals surface area contributed by atoms with E-state index in [1.54, 1.807) is 24.3 Å². The van der Waals surface area contributed by atoms with Gasteiger partial charge in [-0.05, 0) is 49.6 Å². The van der Waals surface area contributed by atoms with Crippen LogP contribution in [0.5, 0.6) is 0 Å². The Bertz CT molecular complexity index is 1400. The molecule has 4 aromatic rings. The summed E-state index contributed by atoms with van der Waals surface area (Å²) in [5.41, 5.74) is 2.48. The lowest BCUT2D eigenvalue weighted by atomic mass is 9.85. The summed E-state index contributed by atoms with van der Waals surface area (Å²) < 4.78 is 28.3. The summed E-state index contributed by atoms with van der Waals surface area (Å²) in [7, 11) is -1.93. The zero-order valence-electron chi connectivity index (χ0n) is 18.6. The van der Waals surface area contributed by atoms with E-state index in [1.807, 2.05) is 67.7 Å². The maximum absolute atomic E-state index is 14.2. The first kappa shape index (κ1) is 20.7. The minimum absolute atomic E-state index is 0.230. The van der Waals surface area contributed by atoms with Gasteiger partial charge in [0.15, 0.2) is 12.4 Å². The van der Waals surface area contributed by atoms with Crippen molar-refractivity contribution in [2.24, 2.45) is 0 Å². The fourth-order valence-corrected chi connectivity index (χ4v) is 6.63. The van der Waals surface area contributed by atoms with Crippen LogP contribution in [0.1, 0.15) is 19.4 Å². The minimum Gasteiger partial charge on any atom is -0.314 e. The van der Waals surface area contributed by atoms with Gasteiger partial charge in [-0.3, -0.25) is 0 Å². The van der Waals surface area contributed by atoms with Crippen molar-refractivity contribution < 1.29 is 8.42 Å². The number of para-hydroxylation sites is 1. The monoisotopic (exact) mass is 443 g/mol. The number of nitrogens with zero attached hydrogens (tertiary/aromatic N) is 2. The SMILES string of the molecule is CC1(C)c2ccc3ccccc3c2[N+](C)(S(=O)(=O)c2ccccc2)CN1c1ccccc1. The molecule has 1 aliphatic rings. The van der Waals surface area contributed by atoms with Gasteiger partial charge in [0.05, 0.1) is 12.6 Å². The predicted octanol–water partition coefficient (Wildman–Crippen LogP) is 5.88.